The number of aliphatic hydroxyl groups excluding tert-OH is 2. The summed E-state index contributed by atoms with van der Waals surface area (Å²) >= 11 is 0. The molecule has 0 aliphatic carbocycles. The number of benzene rings is 2. The van der Waals surface area contributed by atoms with Crippen LogP contribution in [0.25, 0.3) is 5.57 Å². The summed E-state index contributed by atoms with van der Waals surface area (Å²) in [6.45, 7) is 29.0. The number of amides is 1. The number of hydrogen-bond donors (Lipinski definition) is 3. The minimum absolute atomic E-state index is 0.0699. The highest BCUT2D eigenvalue weighted by Gasteiger charge is 2.29. The summed E-state index contributed by atoms with van der Waals surface area (Å²) < 4.78 is 48.7. The van der Waals surface area contributed by atoms with Crippen LogP contribution in [0.1, 0.15) is 101 Å². The van der Waals surface area contributed by atoms with E-state index in [0.29, 0.717) is 17.7 Å². The van der Waals surface area contributed by atoms with Gasteiger partial charge in [-0.3, -0.25) is 13.9 Å². The van der Waals surface area contributed by atoms with Gasteiger partial charge in [-0.2, -0.15) is 8.42 Å². The van der Waals surface area contributed by atoms with E-state index in [2.05, 4.69) is 55.6 Å². The van der Waals surface area contributed by atoms with Crippen LogP contribution in [-0.4, -0.2) is 97.6 Å². The number of carbonyl (C=O) groups excluding carboxylic acids is 1. The highest BCUT2D eigenvalue weighted by Crippen LogP contribution is 2.30. The van der Waals surface area contributed by atoms with Crippen molar-refractivity contribution < 1.29 is 41.5 Å². The lowest BCUT2D eigenvalue weighted by Gasteiger charge is -2.18. The Labute approximate surface area is 319 Å². The third kappa shape index (κ3) is 25.4. The van der Waals surface area contributed by atoms with Crippen LogP contribution in [0.3, 0.4) is 0 Å². The normalized spacial score (nSPS) is 14.0. The molecule has 12 heteroatoms. The van der Waals surface area contributed by atoms with E-state index in [-0.39, 0.29) is 24.7 Å². The Morgan fingerprint density at radius 2 is 1.28 bits per heavy atom. The zero-order valence-corrected chi connectivity index (χ0v) is 35.2. The van der Waals surface area contributed by atoms with Crippen LogP contribution in [0.2, 0.25) is 0 Å². The molecule has 1 aliphatic heterocycles. The largest absolute Gasteiger partial charge is 0.491 e. The Kier molecular flexibility index (Phi) is 21.4. The van der Waals surface area contributed by atoms with Gasteiger partial charge in [0.2, 0.25) is 5.91 Å². The van der Waals surface area contributed by atoms with Gasteiger partial charge in [0.25, 0.3) is 10.1 Å². The van der Waals surface area contributed by atoms with Crippen molar-refractivity contribution in [1.82, 2.24) is 10.2 Å². The average Bonchev–Trinajstić information content (AvgIpc) is 3.89. The summed E-state index contributed by atoms with van der Waals surface area (Å²) in [5.74, 6) is 1.18. The molecule has 2 atom stereocenters. The lowest BCUT2D eigenvalue weighted by atomic mass is 9.94. The molecule has 3 rings (SSSR count). The number of alkyl halides is 1. The molecule has 1 saturated heterocycles. The highest BCUT2D eigenvalue weighted by molar-refractivity contribution is 7.86. The van der Waals surface area contributed by atoms with E-state index >= 15 is 0 Å². The number of nitrogens with zero attached hydrogens (tertiary/aromatic N) is 1. The molecule has 0 radical (unpaired) electrons. The molecule has 0 bridgehead atoms. The SMILES string of the molecule is C=CC(=O)NC(C)(C)C.CC(C)(C)N1CC1.CC(C)(C)OS(C)(=O)=O.CCC(O)COc1ccc(C(=C(C)C)c2ccc(OCC(O)CF)cc2)cc1. The third-order valence-electron chi connectivity index (χ3n) is 6.80. The van der Waals surface area contributed by atoms with Crippen molar-refractivity contribution in [1.29, 1.82) is 0 Å². The minimum Gasteiger partial charge on any atom is -0.491 e. The van der Waals surface area contributed by atoms with Gasteiger partial charge in [0.05, 0.1) is 18.0 Å². The van der Waals surface area contributed by atoms with Crippen LogP contribution in [0.4, 0.5) is 4.39 Å². The molecule has 1 heterocycles. The van der Waals surface area contributed by atoms with Crippen molar-refractivity contribution in [3.05, 3.63) is 77.9 Å². The first-order valence-electron chi connectivity index (χ1n) is 17.9. The molecule has 1 amide bonds. The van der Waals surface area contributed by atoms with Crippen LogP contribution in [-0.2, 0) is 19.1 Å². The molecular weight excluding hydrogens is 700 g/mol. The molecule has 302 valence electrons. The van der Waals surface area contributed by atoms with E-state index < -0.39 is 34.6 Å². The quantitative estimate of drug-likeness (QED) is 0.115. The highest BCUT2D eigenvalue weighted by atomic mass is 32.2. The van der Waals surface area contributed by atoms with E-state index in [0.717, 1.165) is 34.3 Å². The number of ether oxygens (including phenoxy) is 2. The lowest BCUT2D eigenvalue weighted by Crippen LogP contribution is -2.39. The fourth-order valence-electron chi connectivity index (χ4n) is 4.32. The number of nitrogens with one attached hydrogen (secondary N) is 1. The van der Waals surface area contributed by atoms with Gasteiger partial charge >= 0.3 is 0 Å². The van der Waals surface area contributed by atoms with Crippen molar-refractivity contribution in [2.75, 3.05) is 39.2 Å². The summed E-state index contributed by atoms with van der Waals surface area (Å²) in [6.07, 6.45) is 1.41. The van der Waals surface area contributed by atoms with Crippen LogP contribution in [0, 0.1) is 0 Å². The predicted molar refractivity (Wildman–Crippen MR) is 215 cm³/mol. The van der Waals surface area contributed by atoms with Crippen molar-refractivity contribution in [3.63, 3.8) is 0 Å². The Bertz CT molecular complexity index is 1440. The molecule has 1 aliphatic rings. The van der Waals surface area contributed by atoms with E-state index in [1.807, 2.05) is 76.2 Å². The molecule has 2 unspecified atom stereocenters. The summed E-state index contributed by atoms with van der Waals surface area (Å²) in [5.41, 5.74) is 4.06. The van der Waals surface area contributed by atoms with Gasteiger partial charge < -0.3 is 25.0 Å². The number of allylic oxidation sites excluding steroid dienone is 1. The van der Waals surface area contributed by atoms with E-state index in [4.69, 9.17) is 9.47 Å². The van der Waals surface area contributed by atoms with Crippen LogP contribution in [0.5, 0.6) is 11.5 Å². The van der Waals surface area contributed by atoms with E-state index in [9.17, 15) is 27.8 Å². The fourth-order valence-corrected chi connectivity index (χ4v) is 5.23. The third-order valence-corrected chi connectivity index (χ3v) is 7.60. The number of hydrogen-bond acceptors (Lipinski definition) is 9. The number of carbonyl (C=O) groups is 1. The molecule has 3 N–H and O–H groups in total. The van der Waals surface area contributed by atoms with E-state index in [1.54, 1.807) is 20.8 Å². The molecule has 10 nitrogen and oxygen atoms in total. The first kappa shape index (κ1) is 49.7. The van der Waals surface area contributed by atoms with Crippen LogP contribution >= 0.6 is 0 Å². The van der Waals surface area contributed by atoms with Crippen molar-refractivity contribution in [2.45, 2.75) is 118 Å². The van der Waals surface area contributed by atoms with Gasteiger partial charge in [-0.25, -0.2) is 4.39 Å². The Morgan fingerprint density at radius 3 is 1.49 bits per heavy atom. The number of rotatable bonds is 12. The van der Waals surface area contributed by atoms with Gasteiger partial charge in [-0.05, 0) is 130 Å². The molecule has 2 aromatic rings. The zero-order valence-electron chi connectivity index (χ0n) is 34.4. The van der Waals surface area contributed by atoms with Gasteiger partial charge in [-0.1, -0.05) is 43.3 Å². The number of aliphatic hydroxyl groups is 2. The van der Waals surface area contributed by atoms with Crippen LogP contribution < -0.4 is 14.8 Å². The standard InChI is InChI=1S/C23H29FO4.C7H13NO.C6H13N.C5H12O3S/c1-4-19(25)14-27-21-9-5-17(6-10-21)23(16(2)3)18-7-11-22(12-8-18)28-15-20(26)13-24;1-5-6(9)8-7(2,3)4;1-6(2,3)7-4-5-7;1-5(2,3)8-9(4,6)7/h5-12,19-20,25-26H,4,13-15H2,1-3H3;5H,1H2,2-4H3,(H,8,9);4-5H2,1-3H3;1-4H3. The molecule has 0 spiro atoms. The molecule has 2 aromatic carbocycles. The van der Waals surface area contributed by atoms with Crippen molar-refractivity contribution in [2.24, 2.45) is 0 Å². The van der Waals surface area contributed by atoms with Crippen LogP contribution in [0.15, 0.2) is 66.8 Å². The van der Waals surface area contributed by atoms with Gasteiger partial charge in [-0.15, -0.1) is 0 Å². The Hall–Kier alpha value is -3.29. The molecule has 1 fully saturated rings. The monoisotopic (exact) mass is 766 g/mol. The predicted octanol–water partition coefficient (Wildman–Crippen LogP) is 7.34. The molecule has 0 aromatic heterocycles. The van der Waals surface area contributed by atoms with E-state index in [1.165, 1.54) is 19.2 Å². The summed E-state index contributed by atoms with van der Waals surface area (Å²) in [4.78, 5) is 13.0. The second kappa shape index (κ2) is 22.8. The zero-order chi connectivity index (χ0) is 41.2. The Morgan fingerprint density at radius 1 is 0.868 bits per heavy atom. The summed E-state index contributed by atoms with van der Waals surface area (Å²) in [6, 6.07) is 15.3. The van der Waals surface area contributed by atoms with Gasteiger partial charge in [0.15, 0.2) is 0 Å². The molecule has 53 heavy (non-hydrogen) atoms. The maximum atomic E-state index is 12.3. The first-order chi connectivity index (χ1) is 24.2. The summed E-state index contributed by atoms with van der Waals surface area (Å²) in [5, 5.41) is 21.6. The average molecular weight is 767 g/mol. The topological polar surface area (TPSA) is 134 Å². The molecule has 0 saturated carbocycles. The number of halogens is 1. The van der Waals surface area contributed by atoms with Crippen molar-refractivity contribution in [3.8, 4) is 11.5 Å². The minimum atomic E-state index is -3.28. The maximum Gasteiger partial charge on any atom is 0.264 e. The van der Waals surface area contributed by atoms with Gasteiger partial charge in [0.1, 0.15) is 37.5 Å². The second-order valence-corrected chi connectivity index (χ2v) is 17.5. The smallest absolute Gasteiger partial charge is 0.264 e. The first-order valence-corrected chi connectivity index (χ1v) is 19.7. The van der Waals surface area contributed by atoms with Gasteiger partial charge in [0, 0.05) is 24.2 Å². The summed E-state index contributed by atoms with van der Waals surface area (Å²) in [7, 11) is -3.28. The Balaban J connectivity index is 0.000000871. The second-order valence-electron chi connectivity index (χ2n) is 15.9. The van der Waals surface area contributed by atoms with Crippen molar-refractivity contribution >= 4 is 21.6 Å². The molecular formula is C41H67FN2O8S. The maximum absolute atomic E-state index is 12.3. The fraction of sp³-hybridized carbons (Fsp3) is 0.585. The lowest BCUT2D eigenvalue weighted by molar-refractivity contribution is -0.117.